The summed E-state index contributed by atoms with van der Waals surface area (Å²) in [5, 5.41) is 10.4. The van der Waals surface area contributed by atoms with E-state index >= 15 is 0 Å². The standard InChI is InChI=1S/C27H38Cl3NO3/c1-5-12-31(13-6-2)14-7-15-33-23-10-8-20(9-11-23)27(3,4)21-16-24(29)26(25(30)17-21)34-19-22(32)18-28/h8-11,16-17,22,32H,5-7,12-15,18-19H2,1-4H3/t22-/m0/s1. The van der Waals surface area contributed by atoms with E-state index in [1.54, 1.807) is 0 Å². The first kappa shape index (κ1) is 29.1. The van der Waals surface area contributed by atoms with Crippen molar-refractivity contribution in [3.8, 4) is 11.5 Å². The zero-order valence-corrected chi connectivity index (χ0v) is 23.0. The van der Waals surface area contributed by atoms with Crippen LogP contribution in [0.2, 0.25) is 10.0 Å². The minimum Gasteiger partial charge on any atom is -0.494 e. The molecular formula is C27H38Cl3NO3. The van der Waals surface area contributed by atoms with Crippen molar-refractivity contribution >= 4 is 34.8 Å². The van der Waals surface area contributed by atoms with Gasteiger partial charge in [-0.05, 0) is 67.7 Å². The summed E-state index contributed by atoms with van der Waals surface area (Å²) in [6.45, 7) is 12.8. The minimum absolute atomic E-state index is 0.0301. The van der Waals surface area contributed by atoms with E-state index in [0.717, 1.165) is 42.9 Å². The molecule has 7 heteroatoms. The van der Waals surface area contributed by atoms with E-state index in [0.29, 0.717) is 22.4 Å². The van der Waals surface area contributed by atoms with E-state index in [1.165, 1.54) is 12.8 Å². The Balaban J connectivity index is 2.01. The van der Waals surface area contributed by atoms with Gasteiger partial charge in [0.1, 0.15) is 18.5 Å². The molecule has 2 rings (SSSR count). The Morgan fingerprint density at radius 2 is 1.50 bits per heavy atom. The highest BCUT2D eigenvalue weighted by molar-refractivity contribution is 6.37. The molecule has 34 heavy (non-hydrogen) atoms. The van der Waals surface area contributed by atoms with Crippen LogP contribution in [0.1, 0.15) is 58.1 Å². The summed E-state index contributed by atoms with van der Waals surface area (Å²) in [4.78, 5) is 2.50. The lowest BCUT2D eigenvalue weighted by Crippen LogP contribution is -2.27. The van der Waals surface area contributed by atoms with Crippen LogP contribution in [0.5, 0.6) is 11.5 Å². The van der Waals surface area contributed by atoms with Gasteiger partial charge in [-0.3, -0.25) is 0 Å². The highest BCUT2D eigenvalue weighted by Gasteiger charge is 2.26. The molecule has 2 aromatic carbocycles. The molecule has 2 aromatic rings. The summed E-state index contributed by atoms with van der Waals surface area (Å²) in [6.07, 6.45) is 2.60. The van der Waals surface area contributed by atoms with Crippen LogP contribution >= 0.6 is 34.8 Å². The van der Waals surface area contributed by atoms with Crippen molar-refractivity contribution in [1.29, 1.82) is 0 Å². The molecule has 0 fully saturated rings. The van der Waals surface area contributed by atoms with Crippen LogP contribution in [0.15, 0.2) is 36.4 Å². The van der Waals surface area contributed by atoms with E-state index in [9.17, 15) is 5.11 Å². The average Bonchev–Trinajstić information content (AvgIpc) is 2.81. The van der Waals surface area contributed by atoms with E-state index < -0.39 is 6.10 Å². The molecule has 0 aliphatic carbocycles. The number of alkyl halides is 1. The van der Waals surface area contributed by atoms with E-state index in [1.807, 2.05) is 24.3 Å². The van der Waals surface area contributed by atoms with Gasteiger partial charge in [-0.1, -0.05) is 63.0 Å². The Kier molecular flexibility index (Phi) is 12.3. The van der Waals surface area contributed by atoms with Crippen LogP contribution in [0.25, 0.3) is 0 Å². The van der Waals surface area contributed by atoms with Crippen molar-refractivity contribution < 1.29 is 14.6 Å². The number of aliphatic hydroxyl groups excluding tert-OH is 1. The maximum absolute atomic E-state index is 9.64. The van der Waals surface area contributed by atoms with Crippen LogP contribution < -0.4 is 9.47 Å². The lowest BCUT2D eigenvalue weighted by molar-refractivity contribution is 0.125. The van der Waals surface area contributed by atoms with Crippen LogP contribution in [0.4, 0.5) is 0 Å². The second kappa shape index (κ2) is 14.4. The molecule has 0 heterocycles. The third-order valence-electron chi connectivity index (χ3n) is 5.86. The van der Waals surface area contributed by atoms with Crippen molar-refractivity contribution in [3.05, 3.63) is 57.6 Å². The van der Waals surface area contributed by atoms with Gasteiger partial charge in [-0.15, -0.1) is 11.6 Å². The fourth-order valence-electron chi connectivity index (χ4n) is 3.86. The average molecular weight is 531 g/mol. The number of ether oxygens (including phenoxy) is 2. The number of hydrogen-bond donors (Lipinski definition) is 1. The summed E-state index contributed by atoms with van der Waals surface area (Å²) < 4.78 is 11.6. The van der Waals surface area contributed by atoms with Crippen LogP contribution in [-0.4, -0.2) is 54.8 Å². The molecule has 0 amide bonds. The van der Waals surface area contributed by atoms with Crippen molar-refractivity contribution in [2.75, 3.05) is 38.7 Å². The second-order valence-corrected chi connectivity index (χ2v) is 10.2. The summed E-state index contributed by atoms with van der Waals surface area (Å²) in [6, 6.07) is 11.9. The predicted molar refractivity (Wildman–Crippen MR) is 144 cm³/mol. The number of hydrogen-bond acceptors (Lipinski definition) is 4. The van der Waals surface area contributed by atoms with Crippen molar-refractivity contribution in [2.45, 2.75) is 58.5 Å². The fraction of sp³-hybridized carbons (Fsp3) is 0.556. The van der Waals surface area contributed by atoms with Crippen molar-refractivity contribution in [1.82, 2.24) is 4.90 Å². The number of halogens is 3. The van der Waals surface area contributed by atoms with Crippen molar-refractivity contribution in [2.24, 2.45) is 0 Å². The van der Waals surface area contributed by atoms with Gasteiger partial charge in [0.05, 0.1) is 22.5 Å². The first-order valence-electron chi connectivity index (χ1n) is 12.0. The van der Waals surface area contributed by atoms with Gasteiger partial charge in [0.2, 0.25) is 0 Å². The summed E-state index contributed by atoms with van der Waals surface area (Å²) >= 11 is 18.6. The molecule has 0 saturated heterocycles. The van der Waals surface area contributed by atoms with Gasteiger partial charge in [0, 0.05) is 12.0 Å². The van der Waals surface area contributed by atoms with E-state index in [-0.39, 0.29) is 17.9 Å². The lowest BCUT2D eigenvalue weighted by Gasteiger charge is -2.27. The van der Waals surface area contributed by atoms with Gasteiger partial charge in [-0.25, -0.2) is 0 Å². The fourth-order valence-corrected chi connectivity index (χ4v) is 4.55. The van der Waals surface area contributed by atoms with Crippen LogP contribution in [0, 0.1) is 0 Å². The highest BCUT2D eigenvalue weighted by Crippen LogP contribution is 2.40. The second-order valence-electron chi connectivity index (χ2n) is 9.08. The van der Waals surface area contributed by atoms with Crippen molar-refractivity contribution in [3.63, 3.8) is 0 Å². The normalized spacial score (nSPS) is 12.7. The Labute approximate surface area is 220 Å². The molecule has 0 unspecified atom stereocenters. The molecule has 4 nitrogen and oxygen atoms in total. The molecule has 190 valence electrons. The summed E-state index contributed by atoms with van der Waals surface area (Å²) in [5.41, 5.74) is 1.75. The van der Waals surface area contributed by atoms with Crippen LogP contribution in [0.3, 0.4) is 0 Å². The van der Waals surface area contributed by atoms with E-state index in [2.05, 4.69) is 44.7 Å². The Morgan fingerprint density at radius 3 is 2.03 bits per heavy atom. The third kappa shape index (κ3) is 8.49. The molecule has 0 spiro atoms. The molecule has 1 atom stereocenters. The van der Waals surface area contributed by atoms with Gasteiger partial charge < -0.3 is 19.5 Å². The molecule has 0 aliphatic rings. The Bertz CT molecular complexity index is 845. The molecule has 0 aliphatic heterocycles. The maximum Gasteiger partial charge on any atom is 0.156 e. The van der Waals surface area contributed by atoms with Gasteiger partial charge >= 0.3 is 0 Å². The monoisotopic (exact) mass is 529 g/mol. The zero-order valence-electron chi connectivity index (χ0n) is 20.8. The molecule has 0 bridgehead atoms. The molecule has 0 aromatic heterocycles. The topological polar surface area (TPSA) is 41.9 Å². The number of nitrogens with zero attached hydrogens (tertiary/aromatic N) is 1. The predicted octanol–water partition coefficient (Wildman–Crippen LogP) is 7.19. The first-order chi connectivity index (χ1) is 16.2. The van der Waals surface area contributed by atoms with Gasteiger partial charge in [0.15, 0.2) is 5.75 Å². The lowest BCUT2D eigenvalue weighted by atomic mass is 9.78. The Hall–Kier alpha value is -1.17. The Morgan fingerprint density at radius 1 is 0.912 bits per heavy atom. The number of rotatable bonds is 15. The van der Waals surface area contributed by atoms with E-state index in [4.69, 9.17) is 44.3 Å². The largest absolute Gasteiger partial charge is 0.494 e. The highest BCUT2D eigenvalue weighted by atomic mass is 35.5. The number of benzene rings is 2. The molecule has 1 N–H and O–H groups in total. The van der Waals surface area contributed by atoms with Gasteiger partial charge in [-0.2, -0.15) is 0 Å². The minimum atomic E-state index is -0.780. The molecule has 0 saturated carbocycles. The summed E-state index contributed by atoms with van der Waals surface area (Å²) in [7, 11) is 0. The first-order valence-corrected chi connectivity index (χ1v) is 13.3. The number of aliphatic hydroxyl groups is 1. The van der Waals surface area contributed by atoms with Crippen LogP contribution in [-0.2, 0) is 5.41 Å². The smallest absolute Gasteiger partial charge is 0.156 e. The quantitative estimate of drug-likeness (QED) is 0.195. The molecular weight excluding hydrogens is 493 g/mol. The van der Waals surface area contributed by atoms with Gasteiger partial charge in [0.25, 0.3) is 0 Å². The maximum atomic E-state index is 9.64. The summed E-state index contributed by atoms with van der Waals surface area (Å²) in [5.74, 6) is 1.30. The third-order valence-corrected chi connectivity index (χ3v) is 6.78. The molecule has 0 radical (unpaired) electrons. The zero-order chi connectivity index (χ0) is 25.1. The SMILES string of the molecule is CCCN(CCC)CCCOc1ccc(C(C)(C)c2cc(Cl)c(OC[C@@H](O)CCl)c(Cl)c2)cc1.